The van der Waals surface area contributed by atoms with Crippen LogP contribution in [0.1, 0.15) is 50.5 Å². The van der Waals surface area contributed by atoms with Crippen LogP contribution in [0, 0.1) is 6.92 Å². The van der Waals surface area contributed by atoms with E-state index in [0.29, 0.717) is 0 Å². The normalized spacial score (nSPS) is 20.5. The molecule has 0 radical (unpaired) electrons. The lowest BCUT2D eigenvalue weighted by atomic mass is 9.98. The number of likely N-dealkylation sites (tertiary alicyclic amines) is 1. The van der Waals surface area contributed by atoms with E-state index in [2.05, 4.69) is 27.1 Å². The number of aromatic nitrogens is 2. The Morgan fingerprint density at radius 1 is 1.37 bits per heavy atom. The van der Waals surface area contributed by atoms with E-state index < -0.39 is 0 Å². The van der Waals surface area contributed by atoms with Crippen LogP contribution in [0.4, 0.5) is 5.82 Å². The maximum atomic E-state index is 4.58. The van der Waals surface area contributed by atoms with Crippen LogP contribution < -0.4 is 5.32 Å². The van der Waals surface area contributed by atoms with Crippen molar-refractivity contribution in [3.8, 4) is 0 Å². The molecule has 0 aromatic carbocycles. The minimum absolute atomic E-state index is 0.723. The first kappa shape index (κ1) is 14.3. The molecule has 106 valence electrons. The molecule has 1 aromatic rings. The molecule has 1 saturated heterocycles. The van der Waals surface area contributed by atoms with Crippen LogP contribution >= 0.6 is 0 Å². The SMILES string of the molecule is CCCC1CCCCN1Cc1nc(C)cc(NC)n1. The molecule has 2 rings (SSSR count). The average molecular weight is 262 g/mol. The van der Waals surface area contributed by atoms with Gasteiger partial charge in [0.2, 0.25) is 0 Å². The summed E-state index contributed by atoms with van der Waals surface area (Å²) in [6, 6.07) is 2.71. The van der Waals surface area contributed by atoms with Gasteiger partial charge in [0.05, 0.1) is 6.54 Å². The Kier molecular flexibility index (Phi) is 5.14. The molecule has 1 aliphatic rings. The number of aryl methyl sites for hydroxylation is 1. The van der Waals surface area contributed by atoms with Crippen molar-refractivity contribution >= 4 is 5.82 Å². The lowest BCUT2D eigenvalue weighted by Gasteiger charge is -2.35. The van der Waals surface area contributed by atoms with E-state index in [1.807, 2.05) is 20.0 Å². The van der Waals surface area contributed by atoms with E-state index in [1.165, 1.54) is 38.6 Å². The van der Waals surface area contributed by atoms with Gasteiger partial charge in [-0.2, -0.15) is 0 Å². The molecular weight excluding hydrogens is 236 g/mol. The Morgan fingerprint density at radius 3 is 2.95 bits per heavy atom. The first-order chi connectivity index (χ1) is 9.22. The minimum Gasteiger partial charge on any atom is -0.373 e. The highest BCUT2D eigenvalue weighted by atomic mass is 15.2. The highest BCUT2D eigenvalue weighted by Crippen LogP contribution is 2.22. The van der Waals surface area contributed by atoms with Crippen LogP contribution in [0.15, 0.2) is 6.07 Å². The van der Waals surface area contributed by atoms with Gasteiger partial charge in [0.15, 0.2) is 0 Å². The quantitative estimate of drug-likeness (QED) is 0.885. The smallest absolute Gasteiger partial charge is 0.144 e. The molecule has 1 fully saturated rings. The Hall–Kier alpha value is -1.16. The maximum Gasteiger partial charge on any atom is 0.144 e. The predicted octanol–water partition coefficient (Wildman–Crippen LogP) is 2.98. The van der Waals surface area contributed by atoms with Crippen molar-refractivity contribution < 1.29 is 0 Å². The van der Waals surface area contributed by atoms with E-state index in [-0.39, 0.29) is 0 Å². The summed E-state index contributed by atoms with van der Waals surface area (Å²) in [5.41, 5.74) is 1.04. The lowest BCUT2D eigenvalue weighted by molar-refractivity contribution is 0.128. The summed E-state index contributed by atoms with van der Waals surface area (Å²) in [6.07, 6.45) is 6.57. The zero-order valence-corrected chi connectivity index (χ0v) is 12.4. The van der Waals surface area contributed by atoms with Gasteiger partial charge in [0.1, 0.15) is 11.6 Å². The lowest BCUT2D eigenvalue weighted by Crippen LogP contribution is -2.39. The summed E-state index contributed by atoms with van der Waals surface area (Å²) >= 11 is 0. The molecule has 0 aliphatic carbocycles. The van der Waals surface area contributed by atoms with Crippen molar-refractivity contribution in [2.24, 2.45) is 0 Å². The van der Waals surface area contributed by atoms with Crippen LogP contribution in [0.2, 0.25) is 0 Å². The highest BCUT2D eigenvalue weighted by molar-refractivity contribution is 5.34. The Balaban J connectivity index is 2.07. The van der Waals surface area contributed by atoms with Crippen LogP contribution in [0.5, 0.6) is 0 Å². The van der Waals surface area contributed by atoms with Gasteiger partial charge >= 0.3 is 0 Å². The fraction of sp³-hybridized carbons (Fsp3) is 0.733. The van der Waals surface area contributed by atoms with Crippen molar-refractivity contribution in [2.75, 3.05) is 18.9 Å². The van der Waals surface area contributed by atoms with Crippen molar-refractivity contribution in [3.63, 3.8) is 0 Å². The molecule has 0 saturated carbocycles. The number of anilines is 1. The van der Waals surface area contributed by atoms with Crippen molar-refractivity contribution in [1.29, 1.82) is 0 Å². The van der Waals surface area contributed by atoms with Crippen LogP contribution in [-0.2, 0) is 6.54 Å². The third-order valence-electron chi connectivity index (χ3n) is 3.87. The zero-order valence-electron chi connectivity index (χ0n) is 12.4. The van der Waals surface area contributed by atoms with E-state index in [1.54, 1.807) is 0 Å². The second-order valence-electron chi connectivity index (χ2n) is 5.47. The molecule has 1 atom stereocenters. The Labute approximate surface area is 116 Å². The fourth-order valence-electron chi connectivity index (χ4n) is 2.94. The van der Waals surface area contributed by atoms with Gasteiger partial charge in [0.25, 0.3) is 0 Å². The molecule has 1 aliphatic heterocycles. The molecule has 1 N–H and O–H groups in total. The molecule has 2 heterocycles. The van der Waals surface area contributed by atoms with Gasteiger partial charge in [-0.05, 0) is 32.7 Å². The molecular formula is C15H26N4. The van der Waals surface area contributed by atoms with Gasteiger partial charge < -0.3 is 5.32 Å². The second-order valence-corrected chi connectivity index (χ2v) is 5.47. The van der Waals surface area contributed by atoms with Gasteiger partial charge in [-0.1, -0.05) is 19.8 Å². The van der Waals surface area contributed by atoms with Gasteiger partial charge in [-0.25, -0.2) is 9.97 Å². The zero-order chi connectivity index (χ0) is 13.7. The van der Waals surface area contributed by atoms with Gasteiger partial charge in [-0.3, -0.25) is 4.90 Å². The minimum atomic E-state index is 0.723. The van der Waals surface area contributed by atoms with Gasteiger partial charge in [0, 0.05) is 24.8 Å². The largest absolute Gasteiger partial charge is 0.373 e. The first-order valence-corrected chi connectivity index (χ1v) is 7.49. The number of rotatable bonds is 5. The van der Waals surface area contributed by atoms with Crippen molar-refractivity contribution in [3.05, 3.63) is 17.6 Å². The average Bonchev–Trinajstić information content (AvgIpc) is 2.40. The summed E-state index contributed by atoms with van der Waals surface area (Å²) in [5.74, 6) is 1.87. The molecule has 4 heteroatoms. The standard InChI is InChI=1S/C15H26N4/c1-4-7-13-8-5-6-9-19(13)11-15-17-12(2)10-14(16-3)18-15/h10,13H,4-9,11H2,1-3H3,(H,16,17,18). The first-order valence-electron chi connectivity index (χ1n) is 7.49. The van der Waals surface area contributed by atoms with E-state index in [0.717, 1.165) is 29.9 Å². The predicted molar refractivity (Wildman–Crippen MR) is 79.3 cm³/mol. The van der Waals surface area contributed by atoms with E-state index >= 15 is 0 Å². The number of piperidine rings is 1. The monoisotopic (exact) mass is 262 g/mol. The molecule has 0 bridgehead atoms. The third-order valence-corrected chi connectivity index (χ3v) is 3.87. The Bertz CT molecular complexity index is 403. The van der Waals surface area contributed by atoms with Crippen LogP contribution in [-0.4, -0.2) is 34.5 Å². The van der Waals surface area contributed by atoms with Crippen molar-refractivity contribution in [1.82, 2.24) is 14.9 Å². The number of nitrogens with one attached hydrogen (secondary N) is 1. The summed E-state index contributed by atoms with van der Waals surface area (Å²) in [4.78, 5) is 11.7. The van der Waals surface area contributed by atoms with Crippen molar-refractivity contribution in [2.45, 2.75) is 58.5 Å². The second kappa shape index (κ2) is 6.85. The summed E-state index contributed by atoms with van der Waals surface area (Å²) in [7, 11) is 1.91. The molecule has 1 aromatic heterocycles. The summed E-state index contributed by atoms with van der Waals surface area (Å²) < 4.78 is 0. The maximum absolute atomic E-state index is 4.58. The van der Waals surface area contributed by atoms with Gasteiger partial charge in [-0.15, -0.1) is 0 Å². The van der Waals surface area contributed by atoms with Crippen LogP contribution in [0.3, 0.4) is 0 Å². The third kappa shape index (κ3) is 3.90. The molecule has 0 amide bonds. The number of hydrogen-bond donors (Lipinski definition) is 1. The Morgan fingerprint density at radius 2 is 2.21 bits per heavy atom. The topological polar surface area (TPSA) is 41.1 Å². The summed E-state index contributed by atoms with van der Waals surface area (Å²) in [5, 5.41) is 3.11. The number of nitrogens with zero attached hydrogens (tertiary/aromatic N) is 3. The van der Waals surface area contributed by atoms with E-state index in [4.69, 9.17) is 0 Å². The highest BCUT2D eigenvalue weighted by Gasteiger charge is 2.22. The molecule has 19 heavy (non-hydrogen) atoms. The van der Waals surface area contributed by atoms with Crippen LogP contribution in [0.25, 0.3) is 0 Å². The number of hydrogen-bond acceptors (Lipinski definition) is 4. The molecule has 4 nitrogen and oxygen atoms in total. The van der Waals surface area contributed by atoms with E-state index in [9.17, 15) is 0 Å². The summed E-state index contributed by atoms with van der Waals surface area (Å²) in [6.45, 7) is 6.39. The fourth-order valence-corrected chi connectivity index (χ4v) is 2.94. The molecule has 1 unspecified atom stereocenters. The molecule has 0 spiro atoms.